The summed E-state index contributed by atoms with van der Waals surface area (Å²) in [7, 11) is 0. The van der Waals surface area contributed by atoms with Gasteiger partial charge in [0.05, 0.1) is 0 Å². The second kappa shape index (κ2) is 6.06. The summed E-state index contributed by atoms with van der Waals surface area (Å²) in [6, 6.07) is 0.255. The molecule has 0 aromatic rings. The third kappa shape index (κ3) is 4.39. The second-order valence-electron chi connectivity index (χ2n) is 3.27. The van der Waals surface area contributed by atoms with E-state index in [-0.39, 0.29) is 6.04 Å². The Morgan fingerprint density at radius 2 is 2.08 bits per heavy atom. The first kappa shape index (κ1) is 11.5. The van der Waals surface area contributed by atoms with Crippen LogP contribution in [0.3, 0.4) is 0 Å². The molecule has 0 bridgehead atoms. The quantitative estimate of drug-likeness (QED) is 0.683. The van der Waals surface area contributed by atoms with Crippen LogP contribution in [-0.2, 0) is 0 Å². The first-order valence-corrected chi connectivity index (χ1v) is 4.79. The third-order valence-corrected chi connectivity index (χ3v) is 1.89. The van der Waals surface area contributed by atoms with Crippen molar-refractivity contribution in [3.63, 3.8) is 0 Å². The van der Waals surface area contributed by atoms with Gasteiger partial charge >= 0.3 is 0 Å². The van der Waals surface area contributed by atoms with Crippen LogP contribution in [0.25, 0.3) is 0 Å². The van der Waals surface area contributed by atoms with Crippen molar-refractivity contribution in [2.75, 3.05) is 13.1 Å². The Hall–Kier alpha value is -0.500. The highest BCUT2D eigenvalue weighted by Gasteiger charge is 2.04. The summed E-state index contributed by atoms with van der Waals surface area (Å²) in [5, 5.41) is 0. The van der Waals surface area contributed by atoms with Crippen molar-refractivity contribution in [3.8, 4) is 0 Å². The van der Waals surface area contributed by atoms with E-state index in [2.05, 4.69) is 31.7 Å². The molecular weight excluding hydrogens is 148 g/mol. The van der Waals surface area contributed by atoms with Gasteiger partial charge in [-0.05, 0) is 27.2 Å². The molecule has 12 heavy (non-hydrogen) atoms. The molecule has 0 aliphatic rings. The smallest absolute Gasteiger partial charge is 0.0323 e. The van der Waals surface area contributed by atoms with Crippen LogP contribution in [0.4, 0.5) is 0 Å². The fraction of sp³-hybridized carbons (Fsp3) is 0.800. The standard InChI is InChI=1S/C10H22N2/c1-5-7-10(4)12(6-2)8-9(3)11/h7,9H,5-6,8,11H2,1-4H3/b10-7+. The number of likely N-dealkylation sites (N-methyl/N-ethyl adjacent to an activating group) is 1. The number of nitrogens with zero attached hydrogens (tertiary/aromatic N) is 1. The van der Waals surface area contributed by atoms with Crippen molar-refractivity contribution in [2.45, 2.75) is 40.2 Å². The van der Waals surface area contributed by atoms with Gasteiger partial charge in [-0.2, -0.15) is 0 Å². The molecule has 1 atom stereocenters. The Labute approximate surface area is 76.4 Å². The molecule has 0 spiro atoms. The van der Waals surface area contributed by atoms with E-state index in [1.807, 2.05) is 6.92 Å². The first-order valence-electron chi connectivity index (χ1n) is 4.79. The molecule has 0 amide bonds. The van der Waals surface area contributed by atoms with Crippen molar-refractivity contribution < 1.29 is 0 Å². The van der Waals surface area contributed by atoms with Crippen LogP contribution in [0.15, 0.2) is 11.8 Å². The van der Waals surface area contributed by atoms with Crippen LogP contribution in [0.2, 0.25) is 0 Å². The molecule has 72 valence electrons. The Morgan fingerprint density at radius 3 is 2.42 bits per heavy atom. The molecule has 0 rings (SSSR count). The lowest BCUT2D eigenvalue weighted by Gasteiger charge is -2.25. The number of allylic oxidation sites excluding steroid dienone is 2. The van der Waals surface area contributed by atoms with E-state index in [1.165, 1.54) is 5.70 Å². The molecule has 0 saturated carbocycles. The van der Waals surface area contributed by atoms with Gasteiger partial charge in [0.1, 0.15) is 0 Å². The normalized spacial score (nSPS) is 14.6. The summed E-state index contributed by atoms with van der Waals surface area (Å²) in [5.74, 6) is 0. The van der Waals surface area contributed by atoms with Crippen LogP contribution in [0.5, 0.6) is 0 Å². The number of rotatable bonds is 5. The van der Waals surface area contributed by atoms with E-state index in [1.54, 1.807) is 0 Å². The van der Waals surface area contributed by atoms with Crippen LogP contribution in [0, 0.1) is 0 Å². The maximum absolute atomic E-state index is 5.73. The Bertz CT molecular complexity index is 139. The van der Waals surface area contributed by atoms with E-state index in [4.69, 9.17) is 5.73 Å². The summed E-state index contributed by atoms with van der Waals surface area (Å²) in [5.41, 5.74) is 7.08. The van der Waals surface area contributed by atoms with Crippen molar-refractivity contribution in [1.82, 2.24) is 4.90 Å². The molecule has 1 unspecified atom stereocenters. The molecule has 0 heterocycles. The van der Waals surface area contributed by atoms with E-state index in [0.29, 0.717) is 0 Å². The molecular formula is C10H22N2. The zero-order valence-electron chi connectivity index (χ0n) is 8.80. The van der Waals surface area contributed by atoms with Crippen molar-refractivity contribution in [3.05, 3.63) is 11.8 Å². The predicted molar refractivity (Wildman–Crippen MR) is 54.9 cm³/mol. The van der Waals surface area contributed by atoms with Crippen LogP contribution >= 0.6 is 0 Å². The molecule has 0 fully saturated rings. The maximum atomic E-state index is 5.73. The van der Waals surface area contributed by atoms with Gasteiger partial charge in [-0.1, -0.05) is 13.0 Å². The fourth-order valence-corrected chi connectivity index (χ4v) is 1.29. The largest absolute Gasteiger partial charge is 0.374 e. The molecule has 0 aromatic heterocycles. The molecule has 0 radical (unpaired) electrons. The SMILES string of the molecule is CC/C=C(\C)N(CC)CC(C)N. The van der Waals surface area contributed by atoms with E-state index in [9.17, 15) is 0 Å². The minimum atomic E-state index is 0.255. The van der Waals surface area contributed by atoms with E-state index >= 15 is 0 Å². The maximum Gasteiger partial charge on any atom is 0.0323 e. The number of nitrogens with two attached hydrogens (primary N) is 1. The van der Waals surface area contributed by atoms with Gasteiger partial charge in [-0.25, -0.2) is 0 Å². The Balaban J connectivity index is 4.05. The van der Waals surface area contributed by atoms with E-state index < -0.39 is 0 Å². The van der Waals surface area contributed by atoms with Gasteiger partial charge < -0.3 is 10.6 Å². The first-order chi connectivity index (χ1) is 5.61. The van der Waals surface area contributed by atoms with Crippen molar-refractivity contribution in [1.29, 1.82) is 0 Å². The fourth-order valence-electron chi connectivity index (χ4n) is 1.29. The molecule has 0 aromatic carbocycles. The monoisotopic (exact) mass is 170 g/mol. The van der Waals surface area contributed by atoms with Gasteiger partial charge in [0.25, 0.3) is 0 Å². The minimum Gasteiger partial charge on any atom is -0.374 e. The lowest BCUT2D eigenvalue weighted by atomic mass is 10.2. The summed E-state index contributed by atoms with van der Waals surface area (Å²) < 4.78 is 0. The van der Waals surface area contributed by atoms with Gasteiger partial charge in [0, 0.05) is 24.8 Å². The number of hydrogen-bond donors (Lipinski definition) is 1. The van der Waals surface area contributed by atoms with E-state index in [0.717, 1.165) is 19.5 Å². The van der Waals surface area contributed by atoms with Crippen LogP contribution in [-0.4, -0.2) is 24.0 Å². The predicted octanol–water partition coefficient (Wildman–Crippen LogP) is 1.97. The highest BCUT2D eigenvalue weighted by Crippen LogP contribution is 2.04. The molecule has 0 aliphatic heterocycles. The zero-order valence-corrected chi connectivity index (χ0v) is 8.80. The summed E-state index contributed by atoms with van der Waals surface area (Å²) in [6.07, 6.45) is 3.34. The van der Waals surface area contributed by atoms with Crippen molar-refractivity contribution >= 4 is 0 Å². The highest BCUT2D eigenvalue weighted by molar-refractivity contribution is 4.97. The lowest BCUT2D eigenvalue weighted by molar-refractivity contribution is 0.342. The second-order valence-corrected chi connectivity index (χ2v) is 3.27. The Kier molecular flexibility index (Phi) is 5.81. The minimum absolute atomic E-state index is 0.255. The third-order valence-electron chi connectivity index (χ3n) is 1.89. The molecule has 0 aliphatic carbocycles. The average molecular weight is 170 g/mol. The molecule has 2 heteroatoms. The Morgan fingerprint density at radius 1 is 1.50 bits per heavy atom. The summed E-state index contributed by atoms with van der Waals surface area (Å²) in [6.45, 7) is 10.5. The molecule has 2 N–H and O–H groups in total. The van der Waals surface area contributed by atoms with Gasteiger partial charge in [0.15, 0.2) is 0 Å². The van der Waals surface area contributed by atoms with Gasteiger partial charge in [-0.3, -0.25) is 0 Å². The zero-order chi connectivity index (χ0) is 9.56. The lowest BCUT2D eigenvalue weighted by Crippen LogP contribution is -2.34. The number of hydrogen-bond acceptors (Lipinski definition) is 2. The topological polar surface area (TPSA) is 29.3 Å². The summed E-state index contributed by atoms with van der Waals surface area (Å²) >= 11 is 0. The molecule has 2 nitrogen and oxygen atoms in total. The average Bonchev–Trinajstić information content (AvgIpc) is 2.00. The molecule has 0 saturated heterocycles. The van der Waals surface area contributed by atoms with Crippen LogP contribution < -0.4 is 5.73 Å². The van der Waals surface area contributed by atoms with Crippen molar-refractivity contribution in [2.24, 2.45) is 5.73 Å². The van der Waals surface area contributed by atoms with Gasteiger partial charge in [-0.15, -0.1) is 0 Å². The highest BCUT2D eigenvalue weighted by atomic mass is 15.1. The van der Waals surface area contributed by atoms with Gasteiger partial charge in [0.2, 0.25) is 0 Å². The van der Waals surface area contributed by atoms with Crippen LogP contribution in [0.1, 0.15) is 34.1 Å². The summed E-state index contributed by atoms with van der Waals surface area (Å²) in [4.78, 5) is 2.31.